The Labute approximate surface area is 390 Å². The maximum atomic E-state index is 2.54. The predicted octanol–water partition coefficient (Wildman–Crippen LogP) is 16.8. The van der Waals surface area contributed by atoms with Crippen LogP contribution in [0.25, 0.3) is 99.5 Å². The van der Waals surface area contributed by atoms with Gasteiger partial charge in [-0.3, -0.25) is 0 Å². The van der Waals surface area contributed by atoms with Gasteiger partial charge in [0, 0.05) is 32.9 Å². The SMILES string of the molecule is Cc1ccccc1-c1ccc2c3c(C)cccc3n(-c3ccc4c(c3)C3(c5ccccc5-c5ccccc53)c3cc(-n5c6cc(-c7ccccc7C)ccc6c6c(C)cccc65)ccc3-4)c2c1. The van der Waals surface area contributed by atoms with E-state index in [0.717, 1.165) is 0 Å². The Morgan fingerprint density at radius 1 is 0.284 bits per heavy atom. The second-order valence-corrected chi connectivity index (χ2v) is 19.0. The van der Waals surface area contributed by atoms with Gasteiger partial charge >= 0.3 is 0 Å². The maximum absolute atomic E-state index is 2.54. The van der Waals surface area contributed by atoms with Crippen LogP contribution in [-0.4, -0.2) is 9.13 Å². The summed E-state index contributed by atoms with van der Waals surface area (Å²) < 4.78 is 5.06. The minimum Gasteiger partial charge on any atom is -0.309 e. The Balaban J connectivity index is 1.06. The fourth-order valence-electron chi connectivity index (χ4n) is 12.6. The van der Waals surface area contributed by atoms with Gasteiger partial charge in [-0.05, 0) is 165 Å². The molecule has 0 aliphatic heterocycles. The van der Waals surface area contributed by atoms with E-state index in [4.69, 9.17) is 0 Å². The van der Waals surface area contributed by atoms with Crippen LogP contribution in [0.2, 0.25) is 0 Å². The molecule has 0 fully saturated rings. The van der Waals surface area contributed by atoms with Crippen molar-refractivity contribution in [2.45, 2.75) is 33.1 Å². The number of aromatic nitrogens is 2. The van der Waals surface area contributed by atoms with E-state index in [2.05, 4.69) is 243 Å². The molecular formula is C65H46N2. The van der Waals surface area contributed by atoms with Crippen LogP contribution in [0.15, 0.2) is 206 Å². The van der Waals surface area contributed by atoms with Gasteiger partial charge in [-0.15, -0.1) is 0 Å². The van der Waals surface area contributed by atoms with Gasteiger partial charge in [0.05, 0.1) is 27.5 Å². The average Bonchev–Trinajstić information content (AvgIpc) is 4.06. The molecule has 2 aliphatic rings. The lowest BCUT2D eigenvalue weighted by atomic mass is 9.70. The lowest BCUT2D eigenvalue weighted by Crippen LogP contribution is -2.26. The van der Waals surface area contributed by atoms with Crippen molar-refractivity contribution in [3.63, 3.8) is 0 Å². The third kappa shape index (κ3) is 5.10. The van der Waals surface area contributed by atoms with Gasteiger partial charge < -0.3 is 9.13 Å². The maximum Gasteiger partial charge on any atom is 0.0727 e. The third-order valence-corrected chi connectivity index (χ3v) is 15.5. The standard InChI is InChI=1S/C65H46N2/c1-39-15-5-7-19-47(39)43-27-31-53-61(35-43)66(59-25-13-17-41(3)63(53)59)45-29-33-51-52-34-30-46(38-58(52)65(57(51)37-45)55-23-11-9-21-49(55)50-22-10-12-24-56(50)65)67-60-26-14-18-42(4)64(60)54-32-28-44(36-62(54)67)48-20-8-6-16-40(48)2/h5-38H,1-4H3. The van der Waals surface area contributed by atoms with Crippen LogP contribution in [-0.2, 0) is 5.41 Å². The van der Waals surface area contributed by atoms with Crippen LogP contribution in [0.4, 0.5) is 0 Å². The van der Waals surface area contributed by atoms with Crippen LogP contribution >= 0.6 is 0 Å². The van der Waals surface area contributed by atoms with Gasteiger partial charge in [-0.2, -0.15) is 0 Å². The number of hydrogen-bond acceptors (Lipinski definition) is 0. The molecule has 2 aromatic heterocycles. The quantitative estimate of drug-likeness (QED) is 0.167. The van der Waals surface area contributed by atoms with Gasteiger partial charge in [0.2, 0.25) is 0 Å². The number of hydrogen-bond donors (Lipinski definition) is 0. The van der Waals surface area contributed by atoms with E-state index in [9.17, 15) is 0 Å². The number of benzene rings is 10. The highest BCUT2D eigenvalue weighted by atomic mass is 15.0. The third-order valence-electron chi connectivity index (χ3n) is 15.5. The summed E-state index contributed by atoms with van der Waals surface area (Å²) in [6, 6.07) is 78.1. The number of aryl methyl sites for hydroxylation is 4. The molecule has 2 aliphatic carbocycles. The Morgan fingerprint density at radius 3 is 1.12 bits per heavy atom. The number of rotatable bonds is 4. The molecule has 12 aromatic rings. The van der Waals surface area contributed by atoms with E-state index in [1.807, 2.05) is 0 Å². The molecule has 0 amide bonds. The second-order valence-electron chi connectivity index (χ2n) is 19.0. The zero-order valence-corrected chi connectivity index (χ0v) is 38.0. The summed E-state index contributed by atoms with van der Waals surface area (Å²) in [6.07, 6.45) is 0. The first-order valence-electron chi connectivity index (χ1n) is 23.6. The number of fused-ring (bicyclic) bond motifs is 16. The minimum absolute atomic E-state index is 0.550. The molecule has 14 rings (SSSR count). The fraction of sp³-hybridized carbons (Fsp3) is 0.0769. The zero-order valence-electron chi connectivity index (χ0n) is 38.0. The van der Waals surface area contributed by atoms with Crippen molar-refractivity contribution in [1.82, 2.24) is 9.13 Å². The Morgan fingerprint density at radius 2 is 0.672 bits per heavy atom. The molecule has 2 heterocycles. The predicted molar refractivity (Wildman–Crippen MR) is 281 cm³/mol. The molecule has 0 saturated heterocycles. The highest BCUT2D eigenvalue weighted by Crippen LogP contribution is 2.63. The Kier molecular flexibility index (Phi) is 7.91. The highest BCUT2D eigenvalue weighted by molar-refractivity contribution is 6.13. The summed E-state index contributed by atoms with van der Waals surface area (Å²) in [6.45, 7) is 8.93. The van der Waals surface area contributed by atoms with Crippen molar-refractivity contribution >= 4 is 43.6 Å². The topological polar surface area (TPSA) is 9.86 Å². The lowest BCUT2D eigenvalue weighted by Gasteiger charge is -2.31. The van der Waals surface area contributed by atoms with Crippen LogP contribution < -0.4 is 0 Å². The first-order valence-corrected chi connectivity index (χ1v) is 23.6. The van der Waals surface area contributed by atoms with Gasteiger partial charge in [0.1, 0.15) is 0 Å². The van der Waals surface area contributed by atoms with Crippen molar-refractivity contribution < 1.29 is 0 Å². The van der Waals surface area contributed by atoms with Crippen molar-refractivity contribution in [2.75, 3.05) is 0 Å². The molecule has 10 aromatic carbocycles. The van der Waals surface area contributed by atoms with E-state index >= 15 is 0 Å². The molecular weight excluding hydrogens is 809 g/mol. The van der Waals surface area contributed by atoms with Crippen molar-refractivity contribution in [2.24, 2.45) is 0 Å². The van der Waals surface area contributed by atoms with E-state index in [1.54, 1.807) is 0 Å². The van der Waals surface area contributed by atoms with Gasteiger partial charge in [0.15, 0.2) is 0 Å². The van der Waals surface area contributed by atoms with E-state index in [-0.39, 0.29) is 0 Å². The molecule has 0 unspecified atom stereocenters. The number of nitrogens with zero attached hydrogens (tertiary/aromatic N) is 2. The Bertz CT molecular complexity index is 3830. The molecule has 0 bridgehead atoms. The first-order chi connectivity index (χ1) is 32.9. The molecule has 316 valence electrons. The van der Waals surface area contributed by atoms with Crippen LogP contribution in [0, 0.1) is 27.7 Å². The van der Waals surface area contributed by atoms with Crippen molar-refractivity contribution in [3.05, 3.63) is 251 Å². The summed E-state index contributed by atoms with van der Waals surface area (Å²) >= 11 is 0. The van der Waals surface area contributed by atoms with Crippen LogP contribution in [0.1, 0.15) is 44.5 Å². The monoisotopic (exact) mass is 854 g/mol. The van der Waals surface area contributed by atoms with Crippen molar-refractivity contribution in [3.8, 4) is 55.9 Å². The summed E-state index contributed by atoms with van der Waals surface area (Å²) in [5.74, 6) is 0. The van der Waals surface area contributed by atoms with Gasteiger partial charge in [-0.25, -0.2) is 0 Å². The van der Waals surface area contributed by atoms with E-state index in [0.29, 0.717) is 0 Å². The van der Waals surface area contributed by atoms with Gasteiger partial charge in [0.25, 0.3) is 0 Å². The summed E-state index contributed by atoms with van der Waals surface area (Å²) in [5, 5.41) is 5.16. The molecule has 2 heteroatoms. The summed E-state index contributed by atoms with van der Waals surface area (Å²) in [5.41, 5.74) is 27.3. The Hall–Kier alpha value is -8.20. The molecule has 67 heavy (non-hydrogen) atoms. The van der Waals surface area contributed by atoms with Crippen LogP contribution in [0.3, 0.4) is 0 Å². The molecule has 0 saturated carbocycles. The molecule has 0 radical (unpaired) electrons. The summed E-state index contributed by atoms with van der Waals surface area (Å²) in [4.78, 5) is 0. The largest absolute Gasteiger partial charge is 0.309 e. The zero-order chi connectivity index (χ0) is 44.7. The molecule has 1 spiro atoms. The minimum atomic E-state index is -0.550. The summed E-state index contributed by atoms with van der Waals surface area (Å²) in [7, 11) is 0. The van der Waals surface area contributed by atoms with E-state index in [1.165, 1.54) is 144 Å². The molecule has 2 nitrogen and oxygen atoms in total. The van der Waals surface area contributed by atoms with Crippen molar-refractivity contribution in [1.29, 1.82) is 0 Å². The van der Waals surface area contributed by atoms with E-state index < -0.39 is 5.41 Å². The lowest BCUT2D eigenvalue weighted by molar-refractivity contribution is 0.791. The van der Waals surface area contributed by atoms with Gasteiger partial charge in [-0.1, -0.05) is 158 Å². The normalized spacial score (nSPS) is 13.2. The highest BCUT2D eigenvalue weighted by Gasteiger charge is 2.52. The smallest absolute Gasteiger partial charge is 0.0727 e. The first kappa shape index (κ1) is 38.1. The molecule has 0 atom stereocenters. The van der Waals surface area contributed by atoms with Crippen LogP contribution in [0.5, 0.6) is 0 Å². The second kappa shape index (κ2) is 13.9. The average molecular weight is 855 g/mol. The fourth-order valence-corrected chi connectivity index (χ4v) is 12.6. The molecule has 0 N–H and O–H groups in total.